The molecule has 1 aromatic heterocycles. The zero-order chi connectivity index (χ0) is 29.2. The third kappa shape index (κ3) is 3.38. The van der Waals surface area contributed by atoms with Crippen molar-refractivity contribution < 1.29 is 4.42 Å². The van der Waals surface area contributed by atoms with Crippen LogP contribution < -0.4 is 5.32 Å². The zero-order valence-corrected chi connectivity index (χ0v) is 25.6. The van der Waals surface area contributed by atoms with Gasteiger partial charge in [0.15, 0.2) is 0 Å². The highest BCUT2D eigenvalue weighted by molar-refractivity contribution is 6.15. The Morgan fingerprint density at radius 2 is 1.21 bits per heavy atom. The maximum atomic E-state index is 6.32. The first-order valence-electron chi connectivity index (χ1n) is 15.1. The summed E-state index contributed by atoms with van der Waals surface area (Å²) < 4.78 is 6.32. The first-order chi connectivity index (χ1) is 19.9. The van der Waals surface area contributed by atoms with E-state index >= 15 is 0 Å². The van der Waals surface area contributed by atoms with Crippen LogP contribution in [0.3, 0.4) is 0 Å². The second-order valence-electron chi connectivity index (χ2n) is 14.4. The molecule has 208 valence electrons. The summed E-state index contributed by atoms with van der Waals surface area (Å²) in [6.45, 7) is 16.3. The van der Waals surface area contributed by atoms with E-state index in [0.29, 0.717) is 0 Å². The molecule has 0 bridgehead atoms. The van der Waals surface area contributed by atoms with Gasteiger partial charge in [0.05, 0.1) is 0 Å². The van der Waals surface area contributed by atoms with Gasteiger partial charge in [-0.25, -0.2) is 0 Å². The molecule has 2 heteroatoms. The van der Waals surface area contributed by atoms with Crippen LogP contribution in [0.5, 0.6) is 0 Å². The molecule has 6 aromatic rings. The lowest BCUT2D eigenvalue weighted by molar-refractivity contribution is 0.590. The summed E-state index contributed by atoms with van der Waals surface area (Å²) in [5.41, 5.74) is 16.4. The van der Waals surface area contributed by atoms with Gasteiger partial charge in [-0.3, -0.25) is 0 Å². The van der Waals surface area contributed by atoms with Crippen LogP contribution in [-0.4, -0.2) is 0 Å². The third-order valence-electron chi connectivity index (χ3n) is 10.0. The summed E-state index contributed by atoms with van der Waals surface area (Å²) in [5, 5.41) is 6.11. The lowest BCUT2D eigenvalue weighted by atomic mass is 9.79. The summed E-state index contributed by atoms with van der Waals surface area (Å²) in [6.07, 6.45) is 0. The highest BCUT2D eigenvalue weighted by Crippen LogP contribution is 2.58. The minimum atomic E-state index is -0.118. The Hall–Kier alpha value is -4.30. The molecule has 0 radical (unpaired) electrons. The maximum Gasteiger partial charge on any atom is 0.136 e. The normalized spacial score (nSPS) is 15.9. The molecule has 0 saturated heterocycles. The van der Waals surface area contributed by atoms with Crippen LogP contribution in [0.1, 0.15) is 76.3 Å². The minimum absolute atomic E-state index is 0.0974. The summed E-state index contributed by atoms with van der Waals surface area (Å²) in [6, 6.07) is 33.7. The van der Waals surface area contributed by atoms with Crippen molar-refractivity contribution in [1.29, 1.82) is 0 Å². The number of nitrogens with one attached hydrogen (secondary N) is 1. The van der Waals surface area contributed by atoms with Gasteiger partial charge >= 0.3 is 0 Å². The van der Waals surface area contributed by atoms with Gasteiger partial charge in [-0.1, -0.05) is 90.9 Å². The minimum Gasteiger partial charge on any atom is -0.456 e. The molecule has 0 saturated carbocycles. The van der Waals surface area contributed by atoms with Crippen molar-refractivity contribution in [2.75, 3.05) is 5.32 Å². The van der Waals surface area contributed by atoms with Crippen molar-refractivity contribution in [3.8, 4) is 22.3 Å². The molecular weight excluding hydrogens is 510 g/mol. The summed E-state index contributed by atoms with van der Waals surface area (Å²) in [5.74, 6) is 0. The highest BCUT2D eigenvalue weighted by atomic mass is 16.3. The predicted molar refractivity (Wildman–Crippen MR) is 177 cm³/mol. The fourth-order valence-corrected chi connectivity index (χ4v) is 7.57. The van der Waals surface area contributed by atoms with Crippen molar-refractivity contribution in [2.24, 2.45) is 0 Å². The molecule has 5 aromatic carbocycles. The molecule has 0 spiro atoms. The Labute approximate surface area is 248 Å². The zero-order valence-electron chi connectivity index (χ0n) is 25.6. The molecule has 0 amide bonds. The van der Waals surface area contributed by atoms with Gasteiger partial charge < -0.3 is 9.73 Å². The number of hydrogen-bond acceptors (Lipinski definition) is 2. The molecule has 8 rings (SSSR count). The monoisotopic (exact) mass is 547 g/mol. The molecule has 2 aliphatic rings. The average molecular weight is 548 g/mol. The SMILES string of the molecule is CC(C)(C)c1ccc(Nc2ccc3c(c2)C(C)(C)c2cc4c(cc2-3)C(C)(C)c2ccc3oc5ccccc5c3c2-4)cc1. The summed E-state index contributed by atoms with van der Waals surface area (Å²) >= 11 is 0. The van der Waals surface area contributed by atoms with Crippen LogP contribution in [0.2, 0.25) is 0 Å². The first kappa shape index (κ1) is 25.4. The molecule has 0 fully saturated rings. The standard InChI is InChI=1S/C40H37NO/c1-38(2,3)23-12-14-24(15-13-23)41-25-16-17-26-28-21-33-29(22-32(28)40(6,7)31(26)20-25)36-30(39(33,4)5)18-19-35-37(36)27-10-8-9-11-34(27)42-35/h8-22,41H,1-7H3. The lowest BCUT2D eigenvalue weighted by Gasteiger charge is -2.24. The highest BCUT2D eigenvalue weighted by Gasteiger charge is 2.42. The molecule has 0 aliphatic heterocycles. The number of benzene rings is 5. The van der Waals surface area contributed by atoms with E-state index < -0.39 is 0 Å². The molecule has 1 N–H and O–H groups in total. The van der Waals surface area contributed by atoms with E-state index in [2.05, 4.69) is 145 Å². The molecule has 0 atom stereocenters. The van der Waals surface area contributed by atoms with Crippen LogP contribution in [0.4, 0.5) is 11.4 Å². The lowest BCUT2D eigenvalue weighted by Crippen LogP contribution is -2.17. The number of hydrogen-bond donors (Lipinski definition) is 1. The Kier molecular flexibility index (Phi) is 4.94. The third-order valence-corrected chi connectivity index (χ3v) is 10.0. The van der Waals surface area contributed by atoms with Crippen molar-refractivity contribution >= 4 is 33.3 Å². The number of anilines is 2. The quantitative estimate of drug-likeness (QED) is 0.233. The molecule has 1 heterocycles. The van der Waals surface area contributed by atoms with E-state index in [9.17, 15) is 0 Å². The molecule has 0 unspecified atom stereocenters. The second kappa shape index (κ2) is 8.16. The number of rotatable bonds is 2. The van der Waals surface area contributed by atoms with Gasteiger partial charge in [0.25, 0.3) is 0 Å². The fraction of sp³-hybridized carbons (Fsp3) is 0.250. The van der Waals surface area contributed by atoms with Gasteiger partial charge in [0, 0.05) is 33.0 Å². The van der Waals surface area contributed by atoms with Crippen molar-refractivity contribution in [3.05, 3.63) is 119 Å². The Balaban J connectivity index is 1.25. The number of furan rings is 1. The topological polar surface area (TPSA) is 25.2 Å². The van der Waals surface area contributed by atoms with Gasteiger partial charge in [-0.05, 0) is 104 Å². The van der Waals surface area contributed by atoms with Gasteiger partial charge in [0.1, 0.15) is 11.2 Å². The van der Waals surface area contributed by atoms with Gasteiger partial charge in [-0.2, -0.15) is 0 Å². The summed E-state index contributed by atoms with van der Waals surface area (Å²) in [4.78, 5) is 0. The van der Waals surface area contributed by atoms with E-state index in [-0.39, 0.29) is 16.2 Å². The fourth-order valence-electron chi connectivity index (χ4n) is 7.57. The van der Waals surface area contributed by atoms with E-state index in [1.807, 2.05) is 0 Å². The van der Waals surface area contributed by atoms with E-state index in [4.69, 9.17) is 4.42 Å². The van der Waals surface area contributed by atoms with Crippen LogP contribution in [0, 0.1) is 0 Å². The van der Waals surface area contributed by atoms with Crippen molar-refractivity contribution in [3.63, 3.8) is 0 Å². The molecular formula is C40H37NO. The second-order valence-corrected chi connectivity index (χ2v) is 14.4. The largest absolute Gasteiger partial charge is 0.456 e. The maximum absolute atomic E-state index is 6.32. The first-order valence-corrected chi connectivity index (χ1v) is 15.1. The van der Waals surface area contributed by atoms with E-state index in [0.717, 1.165) is 22.5 Å². The Morgan fingerprint density at radius 3 is 1.98 bits per heavy atom. The van der Waals surface area contributed by atoms with Crippen LogP contribution >= 0.6 is 0 Å². The Bertz CT molecular complexity index is 2080. The van der Waals surface area contributed by atoms with E-state index in [1.54, 1.807) is 0 Å². The molecule has 2 aliphatic carbocycles. The van der Waals surface area contributed by atoms with Crippen LogP contribution in [0.25, 0.3) is 44.2 Å². The van der Waals surface area contributed by atoms with Crippen LogP contribution in [0.15, 0.2) is 95.4 Å². The average Bonchev–Trinajstić information content (AvgIpc) is 3.52. The van der Waals surface area contributed by atoms with E-state index in [1.165, 1.54) is 60.8 Å². The van der Waals surface area contributed by atoms with Crippen LogP contribution in [-0.2, 0) is 16.2 Å². The summed E-state index contributed by atoms with van der Waals surface area (Å²) in [7, 11) is 0. The predicted octanol–water partition coefficient (Wildman–Crippen LogP) is 11.2. The Morgan fingerprint density at radius 1 is 0.571 bits per heavy atom. The van der Waals surface area contributed by atoms with Crippen molar-refractivity contribution in [2.45, 2.75) is 64.7 Å². The molecule has 2 nitrogen and oxygen atoms in total. The van der Waals surface area contributed by atoms with Gasteiger partial charge in [0.2, 0.25) is 0 Å². The smallest absolute Gasteiger partial charge is 0.136 e. The molecule has 42 heavy (non-hydrogen) atoms. The number of para-hydroxylation sites is 1. The number of fused-ring (bicyclic) bond motifs is 10. The van der Waals surface area contributed by atoms with Crippen molar-refractivity contribution in [1.82, 2.24) is 0 Å². The van der Waals surface area contributed by atoms with Gasteiger partial charge in [-0.15, -0.1) is 0 Å².